The van der Waals surface area contributed by atoms with Gasteiger partial charge >= 0.3 is 0 Å². The van der Waals surface area contributed by atoms with Crippen LogP contribution in [0.3, 0.4) is 0 Å². The zero-order valence-electron chi connectivity index (χ0n) is 15.8. The molecule has 0 unspecified atom stereocenters. The monoisotopic (exact) mass is 370 g/mol. The third kappa shape index (κ3) is 2.63. The fraction of sp³-hybridized carbons (Fsp3) is 0. The van der Waals surface area contributed by atoms with Gasteiger partial charge in [-0.2, -0.15) is 0 Å². The van der Waals surface area contributed by atoms with Crippen LogP contribution in [0.1, 0.15) is 0 Å². The average molecular weight is 370 g/mol. The van der Waals surface area contributed by atoms with E-state index in [1.54, 1.807) is 0 Å². The van der Waals surface area contributed by atoms with Gasteiger partial charge in [0, 0.05) is 0 Å². The van der Waals surface area contributed by atoms with Gasteiger partial charge in [0.15, 0.2) is 0 Å². The van der Waals surface area contributed by atoms with Gasteiger partial charge in [-0.3, -0.25) is 0 Å². The summed E-state index contributed by atoms with van der Waals surface area (Å²) in [4.78, 5) is 0. The molecule has 6 aromatic carbocycles. The Labute approximate surface area is 169 Å². The first-order chi connectivity index (χ1) is 14.4. The Kier molecular flexibility index (Phi) is 3.54. The summed E-state index contributed by atoms with van der Waals surface area (Å²) >= 11 is 0. The molecule has 0 saturated carbocycles. The highest BCUT2D eigenvalue weighted by molar-refractivity contribution is 6.25. The van der Waals surface area contributed by atoms with E-state index in [0.717, 1.165) is 11.5 Å². The molecule has 0 atom stereocenters. The lowest BCUT2D eigenvalue weighted by molar-refractivity contribution is 0.483. The molecule has 0 fully saturated rings. The van der Waals surface area contributed by atoms with Crippen LogP contribution in [0, 0.1) is 0 Å². The molecule has 0 aliphatic carbocycles. The van der Waals surface area contributed by atoms with Crippen LogP contribution in [0.2, 0.25) is 0 Å². The molecule has 0 spiro atoms. The van der Waals surface area contributed by atoms with Gasteiger partial charge in [0.25, 0.3) is 0 Å². The molecule has 0 amide bonds. The molecule has 0 radical (unpaired) electrons. The lowest BCUT2D eigenvalue weighted by Crippen LogP contribution is -1.88. The topological polar surface area (TPSA) is 9.23 Å². The Balaban J connectivity index is 1.49. The number of rotatable bonds is 3. The Morgan fingerprint density at radius 2 is 1.03 bits per heavy atom. The summed E-state index contributed by atoms with van der Waals surface area (Å²) in [6.45, 7) is 0. The smallest absolute Gasteiger partial charge is 0.127 e. The van der Waals surface area contributed by atoms with E-state index in [1.165, 1.54) is 43.4 Å². The largest absolute Gasteiger partial charge is 0.457 e. The molecule has 136 valence electrons. The SMILES string of the molecule is c1ccc(Oc2ccc(-c3ccc4ccc5cccc6ccc3c4c56)cc2)cc1. The van der Waals surface area contributed by atoms with E-state index in [9.17, 15) is 0 Å². The highest BCUT2D eigenvalue weighted by Crippen LogP contribution is 2.39. The predicted molar refractivity (Wildman–Crippen MR) is 122 cm³/mol. The molecule has 0 aromatic heterocycles. The highest BCUT2D eigenvalue weighted by Gasteiger charge is 2.11. The first-order valence-electron chi connectivity index (χ1n) is 9.87. The second-order valence-electron chi connectivity index (χ2n) is 7.41. The van der Waals surface area contributed by atoms with Crippen molar-refractivity contribution in [2.75, 3.05) is 0 Å². The van der Waals surface area contributed by atoms with Crippen molar-refractivity contribution < 1.29 is 4.74 Å². The number of benzene rings is 6. The first-order valence-corrected chi connectivity index (χ1v) is 9.87. The second kappa shape index (κ2) is 6.35. The van der Waals surface area contributed by atoms with Crippen molar-refractivity contribution in [3.8, 4) is 22.6 Å². The fourth-order valence-electron chi connectivity index (χ4n) is 4.31. The van der Waals surface area contributed by atoms with Gasteiger partial charge in [-0.1, -0.05) is 84.9 Å². The standard InChI is InChI=1S/C28H18O/c1-2-7-23(8-3-1)29-24-15-11-19(12-16-24)25-17-13-22-10-9-20-5-4-6-21-14-18-26(25)28(22)27(20)21/h1-18H. The van der Waals surface area contributed by atoms with Crippen molar-refractivity contribution in [1.82, 2.24) is 0 Å². The second-order valence-corrected chi connectivity index (χ2v) is 7.41. The van der Waals surface area contributed by atoms with Gasteiger partial charge in [-0.25, -0.2) is 0 Å². The molecule has 0 heterocycles. The van der Waals surface area contributed by atoms with Crippen LogP contribution in [0.4, 0.5) is 0 Å². The average Bonchev–Trinajstić information content (AvgIpc) is 2.79. The Morgan fingerprint density at radius 1 is 0.414 bits per heavy atom. The number of para-hydroxylation sites is 1. The fourth-order valence-corrected chi connectivity index (χ4v) is 4.31. The molecule has 0 bridgehead atoms. The molecule has 6 rings (SSSR count). The summed E-state index contributed by atoms with van der Waals surface area (Å²) in [7, 11) is 0. The normalized spacial score (nSPS) is 11.4. The molecule has 29 heavy (non-hydrogen) atoms. The van der Waals surface area contributed by atoms with Gasteiger partial charge in [0.1, 0.15) is 11.5 Å². The number of ether oxygens (including phenoxy) is 1. The summed E-state index contributed by atoms with van der Waals surface area (Å²) in [5.74, 6) is 1.70. The maximum Gasteiger partial charge on any atom is 0.127 e. The van der Waals surface area contributed by atoms with Crippen LogP contribution in [0.25, 0.3) is 43.4 Å². The van der Waals surface area contributed by atoms with Gasteiger partial charge in [0.05, 0.1) is 0 Å². The van der Waals surface area contributed by atoms with E-state index >= 15 is 0 Å². The van der Waals surface area contributed by atoms with E-state index in [-0.39, 0.29) is 0 Å². The summed E-state index contributed by atoms with van der Waals surface area (Å²) in [5, 5.41) is 7.88. The molecule has 0 aliphatic heterocycles. The van der Waals surface area contributed by atoms with E-state index in [2.05, 4.69) is 66.7 Å². The van der Waals surface area contributed by atoms with Crippen LogP contribution < -0.4 is 4.74 Å². The number of hydrogen-bond donors (Lipinski definition) is 0. The molecule has 1 nitrogen and oxygen atoms in total. The van der Waals surface area contributed by atoms with Crippen molar-refractivity contribution in [3.05, 3.63) is 109 Å². The maximum atomic E-state index is 5.95. The van der Waals surface area contributed by atoms with Gasteiger partial charge in [-0.05, 0) is 67.7 Å². The third-order valence-corrected chi connectivity index (χ3v) is 5.67. The maximum absolute atomic E-state index is 5.95. The number of hydrogen-bond acceptors (Lipinski definition) is 1. The van der Waals surface area contributed by atoms with Gasteiger partial charge in [-0.15, -0.1) is 0 Å². The van der Waals surface area contributed by atoms with E-state index in [1.807, 2.05) is 42.5 Å². The van der Waals surface area contributed by atoms with Crippen LogP contribution in [0.5, 0.6) is 11.5 Å². The van der Waals surface area contributed by atoms with Crippen LogP contribution >= 0.6 is 0 Å². The van der Waals surface area contributed by atoms with Crippen LogP contribution in [-0.2, 0) is 0 Å². The van der Waals surface area contributed by atoms with Crippen molar-refractivity contribution in [1.29, 1.82) is 0 Å². The summed E-state index contributed by atoms with van der Waals surface area (Å²) in [6.07, 6.45) is 0. The summed E-state index contributed by atoms with van der Waals surface area (Å²) in [6, 6.07) is 38.2. The van der Waals surface area contributed by atoms with Crippen LogP contribution in [0.15, 0.2) is 109 Å². The molecule has 1 heteroatoms. The van der Waals surface area contributed by atoms with Gasteiger partial charge < -0.3 is 4.74 Å². The zero-order valence-corrected chi connectivity index (χ0v) is 15.8. The molecule has 6 aromatic rings. The van der Waals surface area contributed by atoms with E-state index in [4.69, 9.17) is 4.74 Å². The van der Waals surface area contributed by atoms with Crippen LogP contribution in [-0.4, -0.2) is 0 Å². The highest BCUT2D eigenvalue weighted by atomic mass is 16.5. The van der Waals surface area contributed by atoms with Crippen molar-refractivity contribution in [3.63, 3.8) is 0 Å². The summed E-state index contributed by atoms with van der Waals surface area (Å²) < 4.78 is 5.95. The molecule has 0 aliphatic rings. The first kappa shape index (κ1) is 16.1. The van der Waals surface area contributed by atoms with Crippen molar-refractivity contribution in [2.24, 2.45) is 0 Å². The van der Waals surface area contributed by atoms with E-state index < -0.39 is 0 Å². The Bertz CT molecular complexity index is 1430. The Morgan fingerprint density at radius 3 is 1.79 bits per heavy atom. The molecular formula is C28H18O. The quantitative estimate of drug-likeness (QED) is 0.286. The van der Waals surface area contributed by atoms with Gasteiger partial charge in [0.2, 0.25) is 0 Å². The minimum Gasteiger partial charge on any atom is -0.457 e. The Hall–Kier alpha value is -3.84. The predicted octanol–water partition coefficient (Wildman–Crippen LogP) is 8.04. The summed E-state index contributed by atoms with van der Waals surface area (Å²) in [5.41, 5.74) is 2.45. The van der Waals surface area contributed by atoms with E-state index in [0.29, 0.717) is 0 Å². The van der Waals surface area contributed by atoms with Crippen molar-refractivity contribution in [2.45, 2.75) is 0 Å². The third-order valence-electron chi connectivity index (χ3n) is 5.67. The molecule has 0 saturated heterocycles. The van der Waals surface area contributed by atoms with Crippen molar-refractivity contribution >= 4 is 32.3 Å². The lowest BCUT2D eigenvalue weighted by Gasteiger charge is -2.14. The minimum atomic E-state index is 0.845. The molecular weight excluding hydrogens is 352 g/mol. The minimum absolute atomic E-state index is 0.845. The lowest BCUT2D eigenvalue weighted by atomic mass is 9.90. The zero-order chi connectivity index (χ0) is 19.2. The molecule has 0 N–H and O–H groups in total.